The van der Waals surface area contributed by atoms with Crippen LogP contribution in [0.4, 0.5) is 0 Å². The van der Waals surface area contributed by atoms with E-state index in [0.717, 1.165) is 42.4 Å². The Morgan fingerprint density at radius 3 is 2.62 bits per heavy atom. The molecule has 1 aliphatic heterocycles. The minimum atomic E-state index is -0.884. The molecule has 5 nitrogen and oxygen atoms in total. The molecule has 2 N–H and O–H groups in total. The van der Waals surface area contributed by atoms with Crippen LogP contribution in [0.2, 0.25) is 5.02 Å². The van der Waals surface area contributed by atoms with Gasteiger partial charge in [0.15, 0.2) is 0 Å². The molecule has 1 aromatic heterocycles. The third kappa shape index (κ3) is 2.55. The average Bonchev–Trinajstić information content (AvgIpc) is 3.36. The number of benzene rings is 1. The summed E-state index contributed by atoms with van der Waals surface area (Å²) < 4.78 is 0. The number of nitrogens with one attached hydrogen (secondary N) is 1. The molecule has 5 rings (SSSR count). The van der Waals surface area contributed by atoms with Crippen molar-refractivity contribution in [1.29, 1.82) is 0 Å². The first kappa shape index (κ1) is 16.6. The highest BCUT2D eigenvalue weighted by atomic mass is 35.5. The SMILES string of the molecule is O=C(C1CCCC1)N1C[C@@H]2C[C@](O)(c3cc(Cl)cc4[nH]ncc34)C[C@@H]2C1. The van der Waals surface area contributed by atoms with Gasteiger partial charge in [0.1, 0.15) is 0 Å². The number of aromatic amines is 1. The van der Waals surface area contributed by atoms with E-state index in [1.54, 1.807) is 6.20 Å². The Morgan fingerprint density at radius 2 is 1.92 bits per heavy atom. The lowest BCUT2D eigenvalue weighted by atomic mass is 9.88. The summed E-state index contributed by atoms with van der Waals surface area (Å²) in [6, 6.07) is 3.72. The van der Waals surface area contributed by atoms with Gasteiger partial charge in [-0.3, -0.25) is 9.89 Å². The molecule has 1 aromatic carbocycles. The van der Waals surface area contributed by atoms with E-state index in [1.807, 2.05) is 12.1 Å². The lowest BCUT2D eigenvalue weighted by Gasteiger charge is -2.28. The highest BCUT2D eigenvalue weighted by molar-refractivity contribution is 6.31. The number of aromatic nitrogens is 2. The molecular formula is C20H24ClN3O2. The predicted molar refractivity (Wildman–Crippen MR) is 99.8 cm³/mol. The summed E-state index contributed by atoms with van der Waals surface area (Å²) in [5.74, 6) is 1.32. The molecule has 3 fully saturated rings. The van der Waals surface area contributed by atoms with E-state index in [-0.39, 0.29) is 5.92 Å². The van der Waals surface area contributed by atoms with Crippen molar-refractivity contribution in [2.45, 2.75) is 44.1 Å². The van der Waals surface area contributed by atoms with Gasteiger partial charge in [-0.1, -0.05) is 24.4 Å². The summed E-state index contributed by atoms with van der Waals surface area (Å²) in [6.45, 7) is 1.58. The van der Waals surface area contributed by atoms with Crippen LogP contribution in [-0.2, 0) is 10.4 Å². The Hall–Kier alpha value is -1.59. The van der Waals surface area contributed by atoms with Crippen molar-refractivity contribution in [3.05, 3.63) is 28.9 Å². The van der Waals surface area contributed by atoms with Gasteiger partial charge in [-0.25, -0.2) is 0 Å². The molecule has 138 valence electrons. The molecule has 0 spiro atoms. The number of aliphatic hydroxyl groups is 1. The second-order valence-corrected chi connectivity index (χ2v) is 8.91. The van der Waals surface area contributed by atoms with Crippen molar-refractivity contribution in [1.82, 2.24) is 15.1 Å². The standard InChI is InChI=1S/C20H24ClN3O2/c21-15-5-17(16-9-22-23-18(16)6-15)20(26)7-13-10-24(11-14(13)8-20)19(25)12-3-1-2-4-12/h5-6,9,12-14,26H,1-4,7-8,10-11H2,(H,22,23)/t13-,14+,20+. The zero-order valence-electron chi connectivity index (χ0n) is 14.7. The van der Waals surface area contributed by atoms with Crippen LogP contribution in [0.3, 0.4) is 0 Å². The molecular weight excluding hydrogens is 350 g/mol. The summed E-state index contributed by atoms with van der Waals surface area (Å²) in [5.41, 5.74) is 0.845. The molecule has 2 aliphatic carbocycles. The molecule has 26 heavy (non-hydrogen) atoms. The molecule has 0 radical (unpaired) electrons. The molecule has 1 saturated heterocycles. The van der Waals surface area contributed by atoms with E-state index in [4.69, 9.17) is 11.6 Å². The zero-order chi connectivity index (χ0) is 17.9. The number of amides is 1. The van der Waals surface area contributed by atoms with E-state index < -0.39 is 5.60 Å². The van der Waals surface area contributed by atoms with Crippen molar-refractivity contribution in [2.24, 2.45) is 17.8 Å². The van der Waals surface area contributed by atoms with Gasteiger partial charge in [0, 0.05) is 29.4 Å². The fourth-order valence-corrected chi connectivity index (χ4v) is 5.80. The lowest BCUT2D eigenvalue weighted by molar-refractivity contribution is -0.134. The normalized spacial score (nSPS) is 31.8. The topological polar surface area (TPSA) is 69.2 Å². The predicted octanol–water partition coefficient (Wildman–Crippen LogP) is 3.46. The Kier molecular flexibility index (Phi) is 3.80. The van der Waals surface area contributed by atoms with Crippen LogP contribution in [0.5, 0.6) is 0 Å². The smallest absolute Gasteiger partial charge is 0.225 e. The molecule has 3 atom stereocenters. The molecule has 2 saturated carbocycles. The third-order valence-electron chi connectivity index (χ3n) is 6.82. The van der Waals surface area contributed by atoms with Crippen molar-refractivity contribution in [3.63, 3.8) is 0 Å². The Labute approximate surface area is 157 Å². The first-order valence-electron chi connectivity index (χ1n) is 9.68. The van der Waals surface area contributed by atoms with E-state index in [0.29, 0.717) is 35.6 Å². The van der Waals surface area contributed by atoms with Gasteiger partial charge in [0.05, 0.1) is 17.3 Å². The summed E-state index contributed by atoms with van der Waals surface area (Å²) in [6.07, 6.45) is 7.62. The molecule has 2 aromatic rings. The second kappa shape index (κ2) is 5.96. The number of H-pyrrole nitrogens is 1. The highest BCUT2D eigenvalue weighted by Gasteiger charge is 2.51. The molecule has 6 heteroatoms. The third-order valence-corrected chi connectivity index (χ3v) is 7.04. The van der Waals surface area contributed by atoms with Crippen LogP contribution in [-0.4, -0.2) is 39.2 Å². The second-order valence-electron chi connectivity index (χ2n) is 8.47. The number of fused-ring (bicyclic) bond motifs is 2. The molecule has 3 aliphatic rings. The van der Waals surface area contributed by atoms with E-state index >= 15 is 0 Å². The van der Waals surface area contributed by atoms with Crippen LogP contribution in [0.15, 0.2) is 18.3 Å². The summed E-state index contributed by atoms with van der Waals surface area (Å²) >= 11 is 6.27. The van der Waals surface area contributed by atoms with Gasteiger partial charge in [-0.15, -0.1) is 0 Å². The quantitative estimate of drug-likeness (QED) is 0.846. The van der Waals surface area contributed by atoms with Gasteiger partial charge in [-0.2, -0.15) is 5.10 Å². The maximum absolute atomic E-state index is 12.7. The maximum Gasteiger partial charge on any atom is 0.225 e. The first-order valence-corrected chi connectivity index (χ1v) is 10.1. The molecule has 2 heterocycles. The van der Waals surface area contributed by atoms with Crippen molar-refractivity contribution in [3.8, 4) is 0 Å². The van der Waals surface area contributed by atoms with Crippen LogP contribution < -0.4 is 0 Å². The molecule has 0 bridgehead atoms. The van der Waals surface area contributed by atoms with Gasteiger partial charge < -0.3 is 10.0 Å². The summed E-state index contributed by atoms with van der Waals surface area (Å²) in [5, 5.41) is 20.0. The Morgan fingerprint density at radius 1 is 1.23 bits per heavy atom. The van der Waals surface area contributed by atoms with E-state index in [9.17, 15) is 9.90 Å². The van der Waals surface area contributed by atoms with Crippen LogP contribution in [0, 0.1) is 17.8 Å². The number of carbonyl (C=O) groups is 1. The van der Waals surface area contributed by atoms with E-state index in [1.165, 1.54) is 12.8 Å². The summed E-state index contributed by atoms with van der Waals surface area (Å²) in [7, 11) is 0. The van der Waals surface area contributed by atoms with Gasteiger partial charge in [0.25, 0.3) is 0 Å². The minimum absolute atomic E-state index is 0.242. The Bertz CT molecular complexity index is 844. The number of hydrogen-bond donors (Lipinski definition) is 2. The number of hydrogen-bond acceptors (Lipinski definition) is 3. The largest absolute Gasteiger partial charge is 0.385 e. The highest BCUT2D eigenvalue weighted by Crippen LogP contribution is 2.51. The molecule has 1 amide bonds. The van der Waals surface area contributed by atoms with Crippen LogP contribution in [0.25, 0.3) is 10.9 Å². The van der Waals surface area contributed by atoms with Crippen LogP contribution >= 0.6 is 11.6 Å². The number of nitrogens with zero attached hydrogens (tertiary/aromatic N) is 2. The zero-order valence-corrected chi connectivity index (χ0v) is 15.5. The number of rotatable bonds is 2. The fourth-order valence-electron chi connectivity index (χ4n) is 5.58. The number of carbonyl (C=O) groups excluding carboxylic acids is 1. The van der Waals surface area contributed by atoms with E-state index in [2.05, 4.69) is 15.1 Å². The lowest BCUT2D eigenvalue weighted by Crippen LogP contribution is -2.35. The Balaban J connectivity index is 1.37. The van der Waals surface area contributed by atoms with Crippen molar-refractivity contribution >= 4 is 28.4 Å². The van der Waals surface area contributed by atoms with Gasteiger partial charge >= 0.3 is 0 Å². The van der Waals surface area contributed by atoms with Gasteiger partial charge in [-0.05, 0) is 55.2 Å². The minimum Gasteiger partial charge on any atom is -0.385 e. The number of likely N-dealkylation sites (tertiary alicyclic amines) is 1. The number of halogens is 1. The fraction of sp³-hybridized carbons (Fsp3) is 0.600. The monoisotopic (exact) mass is 373 g/mol. The van der Waals surface area contributed by atoms with Crippen molar-refractivity contribution in [2.75, 3.05) is 13.1 Å². The van der Waals surface area contributed by atoms with Crippen LogP contribution in [0.1, 0.15) is 44.1 Å². The van der Waals surface area contributed by atoms with Crippen molar-refractivity contribution < 1.29 is 9.90 Å². The molecule has 0 unspecified atom stereocenters. The average molecular weight is 374 g/mol. The summed E-state index contributed by atoms with van der Waals surface area (Å²) in [4.78, 5) is 14.8. The van der Waals surface area contributed by atoms with Gasteiger partial charge in [0.2, 0.25) is 5.91 Å². The first-order chi connectivity index (χ1) is 12.5. The maximum atomic E-state index is 12.7.